The van der Waals surface area contributed by atoms with Crippen molar-refractivity contribution in [2.24, 2.45) is 0 Å². The summed E-state index contributed by atoms with van der Waals surface area (Å²) in [5.74, 6) is 2.38. The van der Waals surface area contributed by atoms with Crippen molar-refractivity contribution in [2.75, 3.05) is 46.1 Å². The van der Waals surface area contributed by atoms with Gasteiger partial charge in [-0.15, -0.1) is 0 Å². The van der Waals surface area contributed by atoms with Gasteiger partial charge in [-0.2, -0.15) is 22.4 Å². The van der Waals surface area contributed by atoms with Crippen molar-refractivity contribution < 1.29 is 22.6 Å². The van der Waals surface area contributed by atoms with Gasteiger partial charge < -0.3 is 24.8 Å². The van der Waals surface area contributed by atoms with E-state index in [9.17, 15) is 8.42 Å². The number of hydrogen-bond acceptors (Lipinski definition) is 9. The number of rotatable bonds is 11. The van der Waals surface area contributed by atoms with E-state index in [1.165, 1.54) is 21.2 Å². The van der Waals surface area contributed by atoms with E-state index in [1.807, 2.05) is 31.2 Å². The largest absolute Gasteiger partial charge is 0.493 e. The highest BCUT2D eigenvalue weighted by atomic mass is 32.2. The number of methoxy groups -OCH3 is 3. The van der Waals surface area contributed by atoms with E-state index in [0.29, 0.717) is 34.7 Å². The maximum absolute atomic E-state index is 12.1. The number of ether oxygens (including phenoxy) is 3. The Morgan fingerprint density at radius 3 is 2.23 bits per heavy atom. The summed E-state index contributed by atoms with van der Waals surface area (Å²) in [5.41, 5.74) is 2.93. The fraction of sp³-hybridized carbons (Fsp3) is 0.304. The van der Waals surface area contributed by atoms with Gasteiger partial charge in [0.2, 0.25) is 11.7 Å². The summed E-state index contributed by atoms with van der Waals surface area (Å²) in [6.45, 7) is 1.99. The summed E-state index contributed by atoms with van der Waals surface area (Å²) in [4.78, 5) is 8.97. The number of nitrogens with one attached hydrogen (secondary N) is 3. The number of hydrogen-bond donors (Lipinski definition) is 3. The zero-order chi connectivity index (χ0) is 25.6. The zero-order valence-corrected chi connectivity index (χ0v) is 21.4. The van der Waals surface area contributed by atoms with Gasteiger partial charge in [0.05, 0.1) is 21.3 Å². The molecule has 188 valence electrons. The summed E-state index contributed by atoms with van der Waals surface area (Å²) in [7, 11) is 4.01. The first kappa shape index (κ1) is 26.0. The van der Waals surface area contributed by atoms with Gasteiger partial charge in [-0.25, -0.2) is 4.98 Å². The lowest BCUT2D eigenvalue weighted by Gasteiger charge is -2.17. The minimum absolute atomic E-state index is 0.115. The highest BCUT2D eigenvalue weighted by molar-refractivity contribution is 7.87. The van der Waals surface area contributed by atoms with E-state index in [2.05, 4.69) is 25.3 Å². The van der Waals surface area contributed by atoms with Gasteiger partial charge in [-0.3, -0.25) is 0 Å². The molecule has 1 heterocycles. The first-order valence-electron chi connectivity index (χ1n) is 10.6. The van der Waals surface area contributed by atoms with Crippen molar-refractivity contribution in [1.29, 1.82) is 0 Å². The van der Waals surface area contributed by atoms with E-state index >= 15 is 0 Å². The summed E-state index contributed by atoms with van der Waals surface area (Å²) >= 11 is 0. The Morgan fingerprint density at radius 2 is 1.63 bits per heavy atom. The Hall–Kier alpha value is -3.61. The summed E-state index contributed by atoms with van der Waals surface area (Å²) in [6.07, 6.45) is 1.69. The molecule has 0 saturated heterocycles. The molecule has 3 N–H and O–H groups in total. The van der Waals surface area contributed by atoms with Crippen molar-refractivity contribution in [3.05, 3.63) is 53.7 Å². The van der Waals surface area contributed by atoms with Crippen molar-refractivity contribution in [2.45, 2.75) is 13.5 Å². The molecule has 35 heavy (non-hydrogen) atoms. The van der Waals surface area contributed by atoms with Crippen LogP contribution in [0.3, 0.4) is 0 Å². The molecule has 0 atom stereocenters. The molecular weight excluding hydrogens is 472 g/mol. The fourth-order valence-corrected chi connectivity index (χ4v) is 3.73. The first-order chi connectivity index (χ1) is 16.7. The molecule has 0 unspecified atom stereocenters. The molecule has 0 spiro atoms. The van der Waals surface area contributed by atoms with Crippen molar-refractivity contribution in [1.82, 2.24) is 19.0 Å². The minimum Gasteiger partial charge on any atom is -0.493 e. The van der Waals surface area contributed by atoms with Crippen LogP contribution in [0, 0.1) is 6.92 Å². The highest BCUT2D eigenvalue weighted by Crippen LogP contribution is 2.40. The van der Waals surface area contributed by atoms with Crippen LogP contribution in [0.5, 0.6) is 17.2 Å². The quantitative estimate of drug-likeness (QED) is 0.362. The molecule has 12 heteroatoms. The molecule has 0 amide bonds. The van der Waals surface area contributed by atoms with Crippen LogP contribution in [0.25, 0.3) is 0 Å². The van der Waals surface area contributed by atoms with Crippen LogP contribution in [-0.4, -0.2) is 58.1 Å². The molecule has 0 saturated carbocycles. The van der Waals surface area contributed by atoms with Gasteiger partial charge in [-0.05, 0) is 18.6 Å². The molecule has 3 rings (SSSR count). The van der Waals surface area contributed by atoms with Crippen LogP contribution in [-0.2, 0) is 16.8 Å². The second-order valence-corrected chi connectivity index (χ2v) is 9.62. The molecule has 1 aromatic heterocycles. The molecule has 0 fully saturated rings. The van der Waals surface area contributed by atoms with Crippen LogP contribution >= 0.6 is 0 Å². The van der Waals surface area contributed by atoms with E-state index < -0.39 is 10.2 Å². The SMILES string of the molecule is COc1cc(Nc2ncc(C)c(Nc3ccccc3CNS(=O)(=O)N(C)C)n2)cc(OC)c1OC. The number of anilines is 4. The average Bonchev–Trinajstić information content (AvgIpc) is 2.84. The number of aromatic nitrogens is 2. The molecular formula is C23H30N6O5S. The summed E-state index contributed by atoms with van der Waals surface area (Å²) < 4.78 is 44.1. The highest BCUT2D eigenvalue weighted by Gasteiger charge is 2.16. The molecule has 11 nitrogen and oxygen atoms in total. The molecule has 0 bridgehead atoms. The predicted molar refractivity (Wildman–Crippen MR) is 135 cm³/mol. The Bertz CT molecular complexity index is 1260. The van der Waals surface area contributed by atoms with Gasteiger partial charge in [-0.1, -0.05) is 18.2 Å². The fourth-order valence-electron chi connectivity index (χ4n) is 3.13. The van der Waals surface area contributed by atoms with Crippen LogP contribution in [0.1, 0.15) is 11.1 Å². The molecule has 0 aliphatic heterocycles. The lowest BCUT2D eigenvalue weighted by atomic mass is 10.1. The molecule has 3 aromatic rings. The first-order valence-corrected chi connectivity index (χ1v) is 12.0. The van der Waals surface area contributed by atoms with E-state index in [1.54, 1.807) is 32.5 Å². The zero-order valence-electron chi connectivity index (χ0n) is 20.5. The number of aryl methyl sites for hydroxylation is 1. The molecule has 2 aromatic carbocycles. The molecule has 0 aliphatic rings. The summed E-state index contributed by atoms with van der Waals surface area (Å²) in [6, 6.07) is 10.9. The van der Waals surface area contributed by atoms with Gasteiger partial charge in [0, 0.05) is 55.9 Å². The number of nitrogens with zero attached hydrogens (tertiary/aromatic N) is 3. The van der Waals surface area contributed by atoms with Gasteiger partial charge in [0.25, 0.3) is 10.2 Å². The van der Waals surface area contributed by atoms with Crippen molar-refractivity contribution in [3.63, 3.8) is 0 Å². The number of para-hydroxylation sites is 1. The van der Waals surface area contributed by atoms with Crippen molar-refractivity contribution >= 4 is 33.4 Å². The van der Waals surface area contributed by atoms with Gasteiger partial charge in [0.15, 0.2) is 11.5 Å². The van der Waals surface area contributed by atoms with Crippen LogP contribution in [0.4, 0.5) is 23.1 Å². The molecule has 0 radical (unpaired) electrons. The van der Waals surface area contributed by atoms with E-state index in [-0.39, 0.29) is 6.54 Å². The van der Waals surface area contributed by atoms with Gasteiger partial charge >= 0.3 is 0 Å². The Kier molecular flexibility index (Phi) is 8.33. The third kappa shape index (κ3) is 6.29. The van der Waals surface area contributed by atoms with Crippen LogP contribution < -0.4 is 29.6 Å². The maximum atomic E-state index is 12.1. The van der Waals surface area contributed by atoms with Crippen LogP contribution in [0.2, 0.25) is 0 Å². The monoisotopic (exact) mass is 502 g/mol. The predicted octanol–water partition coefficient (Wildman–Crippen LogP) is 3.19. The molecule has 0 aliphatic carbocycles. The minimum atomic E-state index is -3.56. The maximum Gasteiger partial charge on any atom is 0.279 e. The second-order valence-electron chi connectivity index (χ2n) is 7.65. The smallest absolute Gasteiger partial charge is 0.279 e. The normalized spacial score (nSPS) is 11.3. The topological polar surface area (TPSA) is 127 Å². The Morgan fingerprint density at radius 1 is 0.971 bits per heavy atom. The van der Waals surface area contributed by atoms with Gasteiger partial charge in [0.1, 0.15) is 5.82 Å². The Balaban J connectivity index is 1.86. The van der Waals surface area contributed by atoms with Crippen molar-refractivity contribution in [3.8, 4) is 17.2 Å². The third-order valence-electron chi connectivity index (χ3n) is 5.09. The average molecular weight is 503 g/mol. The lowest BCUT2D eigenvalue weighted by molar-refractivity contribution is 0.324. The Labute approximate surface area is 205 Å². The van der Waals surface area contributed by atoms with E-state index in [4.69, 9.17) is 14.2 Å². The van der Waals surface area contributed by atoms with Crippen LogP contribution in [0.15, 0.2) is 42.6 Å². The second kappa shape index (κ2) is 11.2. The third-order valence-corrected chi connectivity index (χ3v) is 6.56. The summed E-state index contributed by atoms with van der Waals surface area (Å²) in [5, 5.41) is 6.44. The lowest BCUT2D eigenvalue weighted by Crippen LogP contribution is -2.35. The van der Waals surface area contributed by atoms with E-state index in [0.717, 1.165) is 21.1 Å². The number of benzene rings is 2. The standard InChI is InChI=1S/C23H30N6O5S/c1-15-13-24-23(26-17-11-19(32-4)21(34-6)20(12-17)33-5)28-22(15)27-18-10-8-7-9-16(18)14-25-35(30,31)29(2)3/h7-13,25H,14H2,1-6H3,(H2,24,26,27,28).